The zero-order valence-corrected chi connectivity index (χ0v) is 10.7. The lowest BCUT2D eigenvalue weighted by Gasteiger charge is -2.25. The predicted molar refractivity (Wildman–Crippen MR) is 69.5 cm³/mol. The minimum Gasteiger partial charge on any atom is -0.367 e. The molecule has 1 unspecified atom stereocenters. The quantitative estimate of drug-likeness (QED) is 0.872. The highest BCUT2D eigenvalue weighted by atomic mass is 15.3. The van der Waals surface area contributed by atoms with Gasteiger partial charge in [-0.05, 0) is 26.3 Å². The lowest BCUT2D eigenvalue weighted by molar-refractivity contribution is 0.454. The van der Waals surface area contributed by atoms with E-state index in [-0.39, 0.29) is 0 Å². The Labute approximate surface area is 106 Å². The molecule has 3 heterocycles. The Morgan fingerprint density at radius 1 is 1.33 bits per heavy atom. The number of nitrogens with zero attached hydrogens (tertiary/aromatic N) is 4. The van der Waals surface area contributed by atoms with E-state index >= 15 is 0 Å². The van der Waals surface area contributed by atoms with E-state index in [4.69, 9.17) is 0 Å². The lowest BCUT2D eigenvalue weighted by atomic mass is 10.0. The van der Waals surface area contributed by atoms with E-state index in [1.807, 2.05) is 13.1 Å². The normalized spacial score (nSPS) is 18.4. The van der Waals surface area contributed by atoms with Gasteiger partial charge in [0.1, 0.15) is 12.1 Å². The Hall–Kier alpha value is -1.91. The van der Waals surface area contributed by atoms with E-state index in [2.05, 4.69) is 38.1 Å². The van der Waals surface area contributed by atoms with Crippen LogP contribution in [0.25, 0.3) is 0 Å². The van der Waals surface area contributed by atoms with Gasteiger partial charge in [-0.25, -0.2) is 9.97 Å². The number of hydrogen-bond acceptors (Lipinski definition) is 4. The second-order valence-corrected chi connectivity index (χ2v) is 4.81. The SMILES string of the molecule is Cc1ncnc(NC2CCn3nccc3C2)c1C. The molecule has 94 valence electrons. The summed E-state index contributed by atoms with van der Waals surface area (Å²) in [4.78, 5) is 8.53. The third-order valence-corrected chi connectivity index (χ3v) is 3.63. The number of anilines is 1. The van der Waals surface area contributed by atoms with Gasteiger partial charge in [0.15, 0.2) is 0 Å². The molecule has 0 saturated carbocycles. The van der Waals surface area contributed by atoms with Crippen molar-refractivity contribution in [1.29, 1.82) is 0 Å². The number of hydrogen-bond donors (Lipinski definition) is 1. The third-order valence-electron chi connectivity index (χ3n) is 3.63. The average Bonchev–Trinajstić information content (AvgIpc) is 2.82. The second-order valence-electron chi connectivity index (χ2n) is 4.81. The summed E-state index contributed by atoms with van der Waals surface area (Å²) < 4.78 is 2.08. The third kappa shape index (κ3) is 1.96. The summed E-state index contributed by atoms with van der Waals surface area (Å²) in [6.07, 6.45) is 5.58. The van der Waals surface area contributed by atoms with E-state index in [0.717, 1.165) is 36.5 Å². The monoisotopic (exact) mass is 243 g/mol. The predicted octanol–water partition coefficient (Wildman–Crippen LogP) is 1.72. The first-order valence-corrected chi connectivity index (χ1v) is 6.29. The van der Waals surface area contributed by atoms with Crippen LogP contribution in [-0.4, -0.2) is 25.8 Å². The molecule has 1 N–H and O–H groups in total. The highest BCUT2D eigenvalue weighted by molar-refractivity contribution is 5.45. The molecule has 0 amide bonds. The van der Waals surface area contributed by atoms with Crippen LogP contribution in [0.3, 0.4) is 0 Å². The molecule has 0 radical (unpaired) electrons. The molecule has 2 aromatic rings. The van der Waals surface area contributed by atoms with Gasteiger partial charge in [0, 0.05) is 42.2 Å². The van der Waals surface area contributed by atoms with Crippen molar-refractivity contribution in [2.24, 2.45) is 0 Å². The maximum atomic E-state index is 4.33. The molecule has 0 aromatic carbocycles. The Bertz CT molecular complexity index is 560. The van der Waals surface area contributed by atoms with Crippen molar-refractivity contribution in [3.63, 3.8) is 0 Å². The van der Waals surface area contributed by atoms with Crippen molar-refractivity contribution in [2.45, 2.75) is 39.3 Å². The van der Waals surface area contributed by atoms with E-state index in [1.54, 1.807) is 6.33 Å². The first-order valence-electron chi connectivity index (χ1n) is 6.29. The smallest absolute Gasteiger partial charge is 0.132 e. The number of aryl methyl sites for hydroxylation is 2. The van der Waals surface area contributed by atoms with Crippen molar-refractivity contribution in [1.82, 2.24) is 19.7 Å². The van der Waals surface area contributed by atoms with Crippen molar-refractivity contribution in [2.75, 3.05) is 5.32 Å². The average molecular weight is 243 g/mol. The Morgan fingerprint density at radius 3 is 3.11 bits per heavy atom. The van der Waals surface area contributed by atoms with Crippen LogP contribution in [0.15, 0.2) is 18.6 Å². The minimum atomic E-state index is 0.433. The standard InChI is InChI=1S/C13H17N5/c1-9-10(2)14-8-15-13(9)17-11-4-6-18-12(7-11)3-5-16-18/h3,5,8,11H,4,6-7H2,1-2H3,(H,14,15,17). The van der Waals surface area contributed by atoms with Crippen molar-refractivity contribution >= 4 is 5.82 Å². The fourth-order valence-electron chi connectivity index (χ4n) is 2.37. The summed E-state index contributed by atoms with van der Waals surface area (Å²) in [5, 5.41) is 7.82. The molecule has 0 fully saturated rings. The van der Waals surface area contributed by atoms with Crippen LogP contribution in [0.2, 0.25) is 0 Å². The maximum Gasteiger partial charge on any atom is 0.132 e. The van der Waals surface area contributed by atoms with E-state index in [0.29, 0.717) is 6.04 Å². The molecule has 0 aliphatic carbocycles. The van der Waals surface area contributed by atoms with Crippen molar-refractivity contribution in [3.05, 3.63) is 35.5 Å². The van der Waals surface area contributed by atoms with Gasteiger partial charge in [-0.3, -0.25) is 4.68 Å². The summed E-state index contributed by atoms with van der Waals surface area (Å²) >= 11 is 0. The largest absolute Gasteiger partial charge is 0.367 e. The summed E-state index contributed by atoms with van der Waals surface area (Å²) in [5.74, 6) is 0.959. The molecule has 1 atom stereocenters. The summed E-state index contributed by atoms with van der Waals surface area (Å²) in [6, 6.07) is 2.52. The Balaban J connectivity index is 1.77. The van der Waals surface area contributed by atoms with Gasteiger partial charge in [-0.2, -0.15) is 5.10 Å². The number of aromatic nitrogens is 4. The van der Waals surface area contributed by atoms with Crippen LogP contribution in [0.1, 0.15) is 23.4 Å². The van der Waals surface area contributed by atoms with Gasteiger partial charge < -0.3 is 5.32 Å². The van der Waals surface area contributed by atoms with Gasteiger partial charge in [-0.15, -0.1) is 0 Å². The summed E-state index contributed by atoms with van der Waals surface area (Å²) in [5.41, 5.74) is 3.46. The second kappa shape index (κ2) is 4.40. The molecule has 3 rings (SSSR count). The van der Waals surface area contributed by atoms with E-state index in [9.17, 15) is 0 Å². The van der Waals surface area contributed by atoms with Gasteiger partial charge in [0.25, 0.3) is 0 Å². The van der Waals surface area contributed by atoms with Crippen LogP contribution in [0, 0.1) is 13.8 Å². The van der Waals surface area contributed by atoms with Crippen LogP contribution in [-0.2, 0) is 13.0 Å². The van der Waals surface area contributed by atoms with Crippen LogP contribution in [0.5, 0.6) is 0 Å². The summed E-state index contributed by atoms with van der Waals surface area (Å²) in [6.45, 7) is 5.05. The molecule has 0 bridgehead atoms. The van der Waals surface area contributed by atoms with Gasteiger partial charge in [0.2, 0.25) is 0 Å². The lowest BCUT2D eigenvalue weighted by Crippen LogP contribution is -2.31. The molecular weight excluding hydrogens is 226 g/mol. The van der Waals surface area contributed by atoms with Gasteiger partial charge in [-0.1, -0.05) is 0 Å². The Kier molecular flexibility index (Phi) is 2.74. The fourth-order valence-corrected chi connectivity index (χ4v) is 2.37. The highest BCUT2D eigenvalue weighted by Crippen LogP contribution is 2.20. The summed E-state index contributed by atoms with van der Waals surface area (Å²) in [7, 11) is 0. The van der Waals surface area contributed by atoms with Crippen molar-refractivity contribution in [3.8, 4) is 0 Å². The molecule has 0 spiro atoms. The molecule has 0 saturated heterocycles. The number of fused-ring (bicyclic) bond motifs is 1. The molecule has 5 heteroatoms. The van der Waals surface area contributed by atoms with Gasteiger partial charge >= 0.3 is 0 Å². The molecule has 5 nitrogen and oxygen atoms in total. The van der Waals surface area contributed by atoms with Gasteiger partial charge in [0.05, 0.1) is 0 Å². The number of nitrogens with one attached hydrogen (secondary N) is 1. The molecule has 1 aliphatic heterocycles. The maximum absolute atomic E-state index is 4.33. The van der Waals surface area contributed by atoms with Crippen LogP contribution in [0.4, 0.5) is 5.82 Å². The Morgan fingerprint density at radius 2 is 2.22 bits per heavy atom. The molecule has 2 aromatic heterocycles. The molecule has 18 heavy (non-hydrogen) atoms. The minimum absolute atomic E-state index is 0.433. The zero-order chi connectivity index (χ0) is 12.5. The highest BCUT2D eigenvalue weighted by Gasteiger charge is 2.19. The number of rotatable bonds is 2. The first-order chi connectivity index (χ1) is 8.74. The van der Waals surface area contributed by atoms with Crippen LogP contribution >= 0.6 is 0 Å². The zero-order valence-electron chi connectivity index (χ0n) is 10.7. The van der Waals surface area contributed by atoms with E-state index < -0.39 is 0 Å². The molecule has 1 aliphatic rings. The van der Waals surface area contributed by atoms with Crippen molar-refractivity contribution < 1.29 is 0 Å². The topological polar surface area (TPSA) is 55.6 Å². The first kappa shape index (κ1) is 11.2. The van der Waals surface area contributed by atoms with Crippen LogP contribution < -0.4 is 5.32 Å². The van der Waals surface area contributed by atoms with E-state index in [1.165, 1.54) is 5.69 Å². The molecular formula is C13H17N5. The fraction of sp³-hybridized carbons (Fsp3) is 0.462.